The van der Waals surface area contributed by atoms with E-state index >= 15 is 0 Å². The molecule has 25 heavy (non-hydrogen) atoms. The lowest BCUT2D eigenvalue weighted by Crippen LogP contribution is -2.31. The summed E-state index contributed by atoms with van der Waals surface area (Å²) >= 11 is 0. The number of hydrogen-bond donors (Lipinski definition) is 0. The van der Waals surface area contributed by atoms with Crippen LogP contribution in [0.25, 0.3) is 0 Å². The van der Waals surface area contributed by atoms with Crippen molar-refractivity contribution in [1.82, 2.24) is 0 Å². The third-order valence-corrected chi connectivity index (χ3v) is 4.02. The standard InChI is InChI=1S/C20H25NO4/c1-7-21(15-9-13(2)8-14(3)10-15)20(22)16-11-18(24-5)19(25-6)12-17(16)23-4/h8-12H,7H2,1-6H3. The van der Waals surface area contributed by atoms with Crippen molar-refractivity contribution in [1.29, 1.82) is 0 Å². The number of nitrogens with zero attached hydrogens (tertiary/aromatic N) is 1. The van der Waals surface area contributed by atoms with Gasteiger partial charge in [-0.1, -0.05) is 6.07 Å². The molecule has 0 unspecified atom stereocenters. The molecule has 0 aliphatic carbocycles. The molecule has 5 nitrogen and oxygen atoms in total. The summed E-state index contributed by atoms with van der Waals surface area (Å²) in [4.78, 5) is 14.9. The molecule has 2 rings (SSSR count). The molecule has 0 bridgehead atoms. The predicted octanol–water partition coefficient (Wildman–Crippen LogP) is 4.00. The summed E-state index contributed by atoms with van der Waals surface area (Å²) in [6.45, 7) is 6.53. The van der Waals surface area contributed by atoms with E-state index < -0.39 is 0 Å². The van der Waals surface area contributed by atoms with Crippen molar-refractivity contribution in [3.63, 3.8) is 0 Å². The molecule has 134 valence electrons. The molecule has 2 aromatic carbocycles. The fourth-order valence-corrected chi connectivity index (χ4v) is 2.89. The quantitative estimate of drug-likeness (QED) is 0.795. The SMILES string of the molecule is CCN(C(=O)c1cc(OC)c(OC)cc1OC)c1cc(C)cc(C)c1. The van der Waals surface area contributed by atoms with E-state index in [-0.39, 0.29) is 5.91 Å². The van der Waals surface area contributed by atoms with Crippen LogP contribution < -0.4 is 19.1 Å². The number of ether oxygens (including phenoxy) is 3. The van der Waals surface area contributed by atoms with E-state index in [1.54, 1.807) is 31.3 Å². The number of benzene rings is 2. The average molecular weight is 343 g/mol. The van der Waals surface area contributed by atoms with Crippen molar-refractivity contribution in [2.45, 2.75) is 20.8 Å². The van der Waals surface area contributed by atoms with Crippen LogP contribution in [-0.4, -0.2) is 33.8 Å². The van der Waals surface area contributed by atoms with Gasteiger partial charge in [-0.05, 0) is 44.0 Å². The molecule has 0 saturated carbocycles. The van der Waals surface area contributed by atoms with E-state index in [2.05, 4.69) is 6.07 Å². The number of hydrogen-bond acceptors (Lipinski definition) is 4. The summed E-state index contributed by atoms with van der Waals surface area (Å²) in [6.07, 6.45) is 0. The van der Waals surface area contributed by atoms with E-state index in [0.717, 1.165) is 16.8 Å². The zero-order valence-corrected chi connectivity index (χ0v) is 15.7. The van der Waals surface area contributed by atoms with Crippen LogP contribution in [0.2, 0.25) is 0 Å². The molecule has 0 spiro atoms. The van der Waals surface area contributed by atoms with Crippen LogP contribution in [0.1, 0.15) is 28.4 Å². The van der Waals surface area contributed by atoms with Gasteiger partial charge >= 0.3 is 0 Å². The third kappa shape index (κ3) is 3.87. The zero-order valence-electron chi connectivity index (χ0n) is 15.7. The molecule has 2 aromatic rings. The van der Waals surface area contributed by atoms with Gasteiger partial charge in [0.2, 0.25) is 0 Å². The lowest BCUT2D eigenvalue weighted by Gasteiger charge is -2.24. The van der Waals surface area contributed by atoms with E-state index in [1.807, 2.05) is 32.9 Å². The summed E-state index contributed by atoms with van der Waals surface area (Å²) in [7, 11) is 4.62. The van der Waals surface area contributed by atoms with Crippen LogP contribution in [0, 0.1) is 13.8 Å². The van der Waals surface area contributed by atoms with Gasteiger partial charge in [0, 0.05) is 24.4 Å². The lowest BCUT2D eigenvalue weighted by molar-refractivity contribution is 0.0985. The minimum atomic E-state index is -0.148. The summed E-state index contributed by atoms with van der Waals surface area (Å²) in [6, 6.07) is 9.41. The maximum Gasteiger partial charge on any atom is 0.262 e. The van der Waals surface area contributed by atoms with Crippen molar-refractivity contribution in [2.75, 3.05) is 32.8 Å². The van der Waals surface area contributed by atoms with Crippen LogP contribution in [0.5, 0.6) is 17.2 Å². The van der Waals surface area contributed by atoms with E-state index in [0.29, 0.717) is 29.4 Å². The van der Waals surface area contributed by atoms with Crippen LogP contribution in [0.3, 0.4) is 0 Å². The van der Waals surface area contributed by atoms with Gasteiger partial charge < -0.3 is 19.1 Å². The van der Waals surface area contributed by atoms with Gasteiger partial charge in [-0.3, -0.25) is 4.79 Å². The molecule has 0 heterocycles. The zero-order chi connectivity index (χ0) is 18.6. The first-order valence-electron chi connectivity index (χ1n) is 8.15. The van der Waals surface area contributed by atoms with Gasteiger partial charge in [-0.15, -0.1) is 0 Å². The Labute approximate surface area is 149 Å². The van der Waals surface area contributed by atoms with Crippen molar-refractivity contribution >= 4 is 11.6 Å². The summed E-state index contributed by atoms with van der Waals surface area (Å²) in [5.41, 5.74) is 3.52. The van der Waals surface area contributed by atoms with Crippen molar-refractivity contribution in [2.24, 2.45) is 0 Å². The highest BCUT2D eigenvalue weighted by molar-refractivity contribution is 6.08. The summed E-state index contributed by atoms with van der Waals surface area (Å²) < 4.78 is 16.0. The van der Waals surface area contributed by atoms with Crippen LogP contribution in [0.15, 0.2) is 30.3 Å². The molecule has 0 saturated heterocycles. The molecule has 0 aromatic heterocycles. The van der Waals surface area contributed by atoms with Gasteiger partial charge in [-0.25, -0.2) is 0 Å². The Hall–Kier alpha value is -2.69. The largest absolute Gasteiger partial charge is 0.496 e. The number of amides is 1. The number of aryl methyl sites for hydroxylation is 2. The van der Waals surface area contributed by atoms with Crippen LogP contribution in [-0.2, 0) is 0 Å². The molecule has 0 aliphatic heterocycles. The van der Waals surface area contributed by atoms with Crippen molar-refractivity contribution in [3.8, 4) is 17.2 Å². The Kier molecular flexibility index (Phi) is 5.91. The lowest BCUT2D eigenvalue weighted by atomic mass is 10.1. The highest BCUT2D eigenvalue weighted by Gasteiger charge is 2.23. The summed E-state index contributed by atoms with van der Waals surface area (Å²) in [5, 5.41) is 0. The van der Waals surface area contributed by atoms with E-state index in [1.165, 1.54) is 7.11 Å². The van der Waals surface area contributed by atoms with Gasteiger partial charge in [0.05, 0.1) is 26.9 Å². The minimum absolute atomic E-state index is 0.148. The Morgan fingerprint density at radius 2 is 1.36 bits per heavy atom. The topological polar surface area (TPSA) is 48.0 Å². The highest BCUT2D eigenvalue weighted by Crippen LogP contribution is 2.36. The fraction of sp³-hybridized carbons (Fsp3) is 0.350. The Balaban J connectivity index is 2.53. The monoisotopic (exact) mass is 343 g/mol. The van der Waals surface area contributed by atoms with Crippen molar-refractivity contribution in [3.05, 3.63) is 47.0 Å². The second-order valence-electron chi connectivity index (χ2n) is 5.80. The average Bonchev–Trinajstić information content (AvgIpc) is 2.60. The van der Waals surface area contributed by atoms with Crippen LogP contribution in [0.4, 0.5) is 5.69 Å². The number of carbonyl (C=O) groups is 1. The number of carbonyl (C=O) groups excluding carboxylic acids is 1. The van der Waals surface area contributed by atoms with Gasteiger partial charge in [0.25, 0.3) is 5.91 Å². The Morgan fingerprint density at radius 1 is 0.840 bits per heavy atom. The normalized spacial score (nSPS) is 10.3. The highest BCUT2D eigenvalue weighted by atomic mass is 16.5. The van der Waals surface area contributed by atoms with Gasteiger partial charge in [0.15, 0.2) is 11.5 Å². The third-order valence-electron chi connectivity index (χ3n) is 4.02. The second kappa shape index (κ2) is 7.92. The second-order valence-corrected chi connectivity index (χ2v) is 5.80. The summed E-state index contributed by atoms with van der Waals surface area (Å²) in [5.74, 6) is 1.31. The minimum Gasteiger partial charge on any atom is -0.496 e. The first-order chi connectivity index (χ1) is 11.9. The Bertz CT molecular complexity index is 750. The van der Waals surface area contributed by atoms with Gasteiger partial charge in [0.1, 0.15) is 5.75 Å². The number of rotatable bonds is 6. The van der Waals surface area contributed by atoms with Crippen LogP contribution >= 0.6 is 0 Å². The smallest absolute Gasteiger partial charge is 0.262 e. The molecule has 1 amide bonds. The van der Waals surface area contributed by atoms with Crippen molar-refractivity contribution < 1.29 is 19.0 Å². The Morgan fingerprint density at radius 3 is 1.84 bits per heavy atom. The number of methoxy groups -OCH3 is 3. The maximum atomic E-state index is 13.2. The molecular weight excluding hydrogens is 318 g/mol. The molecule has 0 N–H and O–H groups in total. The molecule has 5 heteroatoms. The molecule has 0 atom stereocenters. The van der Waals surface area contributed by atoms with E-state index in [4.69, 9.17) is 14.2 Å². The molecular formula is C20H25NO4. The maximum absolute atomic E-state index is 13.2. The predicted molar refractivity (Wildman–Crippen MR) is 99.4 cm³/mol. The van der Waals surface area contributed by atoms with Gasteiger partial charge in [-0.2, -0.15) is 0 Å². The molecule has 0 radical (unpaired) electrons. The van der Waals surface area contributed by atoms with E-state index in [9.17, 15) is 4.79 Å². The fourth-order valence-electron chi connectivity index (χ4n) is 2.89. The molecule has 0 fully saturated rings. The first kappa shape index (κ1) is 18.6. The number of anilines is 1. The first-order valence-corrected chi connectivity index (χ1v) is 8.15. The molecule has 0 aliphatic rings.